The van der Waals surface area contributed by atoms with Gasteiger partial charge in [-0.05, 0) is 69.3 Å². The van der Waals surface area contributed by atoms with Gasteiger partial charge in [-0.25, -0.2) is 4.98 Å². The summed E-state index contributed by atoms with van der Waals surface area (Å²) in [5.41, 5.74) is 6.89. The summed E-state index contributed by atoms with van der Waals surface area (Å²) in [6.45, 7) is 14.3. The van der Waals surface area contributed by atoms with Gasteiger partial charge in [-0.3, -0.25) is 4.90 Å². The van der Waals surface area contributed by atoms with Crippen molar-refractivity contribution in [2.24, 2.45) is 5.92 Å². The van der Waals surface area contributed by atoms with Crippen LogP contribution in [0.5, 0.6) is 0 Å². The van der Waals surface area contributed by atoms with E-state index >= 15 is 0 Å². The van der Waals surface area contributed by atoms with Gasteiger partial charge in [0, 0.05) is 25.0 Å². The molecule has 0 radical (unpaired) electrons. The highest BCUT2D eigenvalue weighted by Gasteiger charge is 2.17. The number of piperidine rings is 1. The Bertz CT molecular complexity index is 699. The Morgan fingerprint density at radius 1 is 1.12 bits per heavy atom. The molecule has 1 aromatic heterocycles. The second-order valence-electron chi connectivity index (χ2n) is 7.63. The maximum Gasteiger partial charge on any atom is 0.0897 e. The van der Waals surface area contributed by atoms with Crippen LogP contribution < -0.4 is 5.32 Å². The van der Waals surface area contributed by atoms with E-state index in [1.165, 1.54) is 48.2 Å². The lowest BCUT2D eigenvalue weighted by Gasteiger charge is -2.31. The summed E-state index contributed by atoms with van der Waals surface area (Å²) in [4.78, 5) is 7.15. The molecule has 2 heterocycles. The molecule has 3 nitrogen and oxygen atoms in total. The molecule has 0 aliphatic carbocycles. The van der Waals surface area contributed by atoms with Crippen molar-refractivity contribution in [2.75, 3.05) is 13.1 Å². The molecule has 1 aromatic carbocycles. The predicted octanol–water partition coefficient (Wildman–Crippen LogP) is 4.59. The maximum atomic E-state index is 4.53. The lowest BCUT2D eigenvalue weighted by Crippen LogP contribution is -2.32. The normalized spacial score (nSPS) is 16.5. The number of nitrogens with one attached hydrogen (secondary N) is 1. The largest absolute Gasteiger partial charge is 0.307 e. The van der Waals surface area contributed by atoms with Crippen LogP contribution in [0.15, 0.2) is 17.5 Å². The van der Waals surface area contributed by atoms with E-state index in [0.29, 0.717) is 0 Å². The molecule has 0 spiro atoms. The Labute approximate surface area is 156 Å². The van der Waals surface area contributed by atoms with Crippen molar-refractivity contribution in [1.29, 1.82) is 0 Å². The van der Waals surface area contributed by atoms with Gasteiger partial charge in [-0.1, -0.05) is 24.6 Å². The molecule has 1 N–H and O–H groups in total. The van der Waals surface area contributed by atoms with Crippen molar-refractivity contribution in [3.8, 4) is 0 Å². The van der Waals surface area contributed by atoms with Crippen LogP contribution in [0.25, 0.3) is 0 Å². The fourth-order valence-corrected chi connectivity index (χ4v) is 4.25. The summed E-state index contributed by atoms with van der Waals surface area (Å²) >= 11 is 1.72. The summed E-state index contributed by atoms with van der Waals surface area (Å²) in [5, 5.41) is 6.85. The smallest absolute Gasteiger partial charge is 0.0897 e. The first-order valence-electron chi connectivity index (χ1n) is 9.44. The number of aryl methyl sites for hydroxylation is 2. The van der Waals surface area contributed by atoms with Crippen LogP contribution in [-0.2, 0) is 19.6 Å². The Morgan fingerprint density at radius 2 is 1.84 bits per heavy atom. The third-order valence-electron chi connectivity index (χ3n) is 5.33. The first-order valence-corrected chi connectivity index (χ1v) is 10.3. The summed E-state index contributed by atoms with van der Waals surface area (Å²) in [7, 11) is 0. The van der Waals surface area contributed by atoms with Gasteiger partial charge in [0.15, 0.2) is 0 Å². The maximum absolute atomic E-state index is 4.53. The quantitative estimate of drug-likeness (QED) is 0.819. The SMILES string of the molecule is Cc1cc(CNCc2csc(C)n2)c(C)c(CN2CCC(C)CC2)c1. The van der Waals surface area contributed by atoms with Crippen LogP contribution in [0, 0.1) is 26.7 Å². The second kappa shape index (κ2) is 8.43. The molecule has 3 rings (SSSR count). The lowest BCUT2D eigenvalue weighted by molar-refractivity contribution is 0.185. The summed E-state index contributed by atoms with van der Waals surface area (Å²) in [6, 6.07) is 4.71. The number of nitrogens with zero attached hydrogens (tertiary/aromatic N) is 2. The molecule has 136 valence electrons. The minimum Gasteiger partial charge on any atom is -0.307 e. The first-order chi connectivity index (χ1) is 12.0. The average Bonchev–Trinajstić information content (AvgIpc) is 2.99. The third-order valence-corrected chi connectivity index (χ3v) is 6.15. The average molecular weight is 358 g/mol. The van der Waals surface area contributed by atoms with E-state index in [9.17, 15) is 0 Å². The third kappa shape index (κ3) is 5.13. The number of hydrogen-bond donors (Lipinski definition) is 1. The van der Waals surface area contributed by atoms with Crippen LogP contribution in [0.3, 0.4) is 0 Å². The first kappa shape index (κ1) is 18.6. The molecular weight excluding hydrogens is 326 g/mol. The molecule has 0 bridgehead atoms. The van der Waals surface area contributed by atoms with Crippen LogP contribution in [0.4, 0.5) is 0 Å². The van der Waals surface area contributed by atoms with Crippen LogP contribution in [0.2, 0.25) is 0 Å². The monoisotopic (exact) mass is 357 g/mol. The summed E-state index contributed by atoms with van der Waals surface area (Å²) in [5.74, 6) is 0.893. The van der Waals surface area contributed by atoms with E-state index in [4.69, 9.17) is 0 Å². The highest BCUT2D eigenvalue weighted by atomic mass is 32.1. The summed E-state index contributed by atoms with van der Waals surface area (Å²) in [6.07, 6.45) is 2.68. The van der Waals surface area contributed by atoms with E-state index in [-0.39, 0.29) is 0 Å². The number of benzene rings is 1. The minimum atomic E-state index is 0.844. The zero-order valence-electron chi connectivity index (χ0n) is 16.1. The minimum absolute atomic E-state index is 0.844. The molecule has 0 saturated carbocycles. The van der Waals surface area contributed by atoms with E-state index in [2.05, 4.69) is 60.4 Å². The zero-order valence-corrected chi connectivity index (χ0v) is 16.9. The second-order valence-corrected chi connectivity index (χ2v) is 8.69. The van der Waals surface area contributed by atoms with Gasteiger partial charge in [0.25, 0.3) is 0 Å². The van der Waals surface area contributed by atoms with Gasteiger partial charge >= 0.3 is 0 Å². The number of hydrogen-bond acceptors (Lipinski definition) is 4. The number of likely N-dealkylation sites (tertiary alicyclic amines) is 1. The molecule has 1 aliphatic rings. The highest BCUT2D eigenvalue weighted by Crippen LogP contribution is 2.22. The Balaban J connectivity index is 1.62. The molecule has 1 saturated heterocycles. The Hall–Kier alpha value is -1.23. The van der Waals surface area contributed by atoms with Gasteiger partial charge in [0.05, 0.1) is 10.7 Å². The molecule has 25 heavy (non-hydrogen) atoms. The van der Waals surface area contributed by atoms with Gasteiger partial charge in [0.1, 0.15) is 0 Å². The van der Waals surface area contributed by atoms with Crippen LogP contribution in [-0.4, -0.2) is 23.0 Å². The molecule has 0 amide bonds. The zero-order chi connectivity index (χ0) is 17.8. The van der Waals surface area contributed by atoms with Crippen molar-refractivity contribution in [3.63, 3.8) is 0 Å². The topological polar surface area (TPSA) is 28.2 Å². The molecule has 1 aliphatic heterocycles. The fourth-order valence-electron chi connectivity index (χ4n) is 3.64. The van der Waals surface area contributed by atoms with Gasteiger partial charge in [0.2, 0.25) is 0 Å². The number of aromatic nitrogens is 1. The number of thiazole rings is 1. The van der Waals surface area contributed by atoms with Gasteiger partial charge in [-0.15, -0.1) is 11.3 Å². The highest BCUT2D eigenvalue weighted by molar-refractivity contribution is 7.09. The van der Waals surface area contributed by atoms with Gasteiger partial charge in [-0.2, -0.15) is 0 Å². The van der Waals surface area contributed by atoms with E-state index in [0.717, 1.165) is 36.3 Å². The fraction of sp³-hybridized carbons (Fsp3) is 0.571. The van der Waals surface area contributed by atoms with Gasteiger partial charge < -0.3 is 5.32 Å². The predicted molar refractivity (Wildman–Crippen MR) is 107 cm³/mol. The Morgan fingerprint density at radius 3 is 2.52 bits per heavy atom. The molecular formula is C21H31N3S. The standard InChI is InChI=1S/C21H31N3S/c1-15-5-7-24(8-6-15)13-20-10-16(2)9-19(17(20)3)11-22-12-21-14-25-18(4)23-21/h9-10,14-15,22H,5-8,11-13H2,1-4H3. The van der Waals surface area contributed by atoms with E-state index < -0.39 is 0 Å². The Kier molecular flexibility index (Phi) is 6.26. The molecule has 1 fully saturated rings. The van der Waals surface area contributed by atoms with E-state index in [1.807, 2.05) is 0 Å². The lowest BCUT2D eigenvalue weighted by atomic mass is 9.96. The van der Waals surface area contributed by atoms with Crippen molar-refractivity contribution < 1.29 is 0 Å². The molecule has 0 atom stereocenters. The molecule has 4 heteroatoms. The van der Waals surface area contributed by atoms with Crippen molar-refractivity contribution in [3.05, 3.63) is 50.5 Å². The molecule has 0 unspecified atom stereocenters. The van der Waals surface area contributed by atoms with Crippen LogP contribution in [0.1, 0.15) is 52.7 Å². The number of rotatable bonds is 6. The van der Waals surface area contributed by atoms with Crippen LogP contribution >= 0.6 is 11.3 Å². The molecule has 2 aromatic rings. The van der Waals surface area contributed by atoms with Crippen molar-refractivity contribution in [1.82, 2.24) is 15.2 Å². The summed E-state index contributed by atoms with van der Waals surface area (Å²) < 4.78 is 0. The van der Waals surface area contributed by atoms with Crippen molar-refractivity contribution in [2.45, 2.75) is 60.2 Å². The van der Waals surface area contributed by atoms with E-state index in [1.54, 1.807) is 11.3 Å². The van der Waals surface area contributed by atoms with Crippen molar-refractivity contribution >= 4 is 11.3 Å².